The normalized spacial score (nSPS) is 28.6. The Kier molecular flexibility index (Phi) is 1.73. The molecule has 0 amide bonds. The fourth-order valence-electron chi connectivity index (χ4n) is 1.55. The molecule has 1 aliphatic carbocycles. The number of Topliss-reactive ketones (excluding diaryl/α,β-unsaturated/α-hetero) is 1. The zero-order valence-electron chi connectivity index (χ0n) is 6.82. The third-order valence-electron chi connectivity index (χ3n) is 2.27. The van der Waals surface area contributed by atoms with E-state index in [0.29, 0.717) is 6.42 Å². The molecule has 0 aromatic carbocycles. The van der Waals surface area contributed by atoms with E-state index in [4.69, 9.17) is 9.15 Å². The number of rotatable bonds is 2. The highest BCUT2D eigenvalue weighted by atomic mass is 16.5. The summed E-state index contributed by atoms with van der Waals surface area (Å²) in [5, 5.41) is 0. The van der Waals surface area contributed by atoms with E-state index in [2.05, 4.69) is 0 Å². The van der Waals surface area contributed by atoms with Crippen molar-refractivity contribution in [2.24, 2.45) is 0 Å². The number of hydrogen-bond donors (Lipinski definition) is 0. The van der Waals surface area contributed by atoms with Crippen LogP contribution < -0.4 is 0 Å². The lowest BCUT2D eigenvalue weighted by Gasteiger charge is -2.31. The van der Waals surface area contributed by atoms with Crippen LogP contribution in [0.25, 0.3) is 0 Å². The van der Waals surface area contributed by atoms with Crippen molar-refractivity contribution in [3.8, 4) is 0 Å². The predicted octanol–water partition coefficient (Wildman–Crippen LogP) is 1.35. The number of methoxy groups -OCH3 is 1. The van der Waals surface area contributed by atoms with E-state index in [-0.39, 0.29) is 17.8 Å². The van der Waals surface area contributed by atoms with Gasteiger partial charge in [0.2, 0.25) is 0 Å². The topological polar surface area (TPSA) is 39.4 Å². The Labute approximate surface area is 70.3 Å². The van der Waals surface area contributed by atoms with Crippen LogP contribution in [0, 0.1) is 0 Å². The molecule has 1 aromatic rings. The number of ketones is 1. The molecule has 0 aliphatic heterocycles. The number of ether oxygens (including phenoxy) is 1. The molecule has 1 heterocycles. The van der Waals surface area contributed by atoms with Gasteiger partial charge in [-0.15, -0.1) is 0 Å². The molecule has 0 bridgehead atoms. The second-order valence-corrected chi connectivity index (χ2v) is 2.95. The van der Waals surface area contributed by atoms with Crippen LogP contribution in [0.15, 0.2) is 22.8 Å². The minimum atomic E-state index is -0.281. The molecule has 2 atom stereocenters. The number of carbonyl (C=O) groups is 1. The van der Waals surface area contributed by atoms with Crippen LogP contribution in [0.4, 0.5) is 0 Å². The Morgan fingerprint density at radius 1 is 1.67 bits per heavy atom. The first-order chi connectivity index (χ1) is 5.83. The van der Waals surface area contributed by atoms with Crippen LogP contribution in [0.3, 0.4) is 0 Å². The van der Waals surface area contributed by atoms with Crippen LogP contribution in [0.1, 0.15) is 18.1 Å². The molecule has 2 unspecified atom stereocenters. The summed E-state index contributed by atoms with van der Waals surface area (Å²) in [5.41, 5.74) is 0. The average molecular weight is 166 g/mol. The monoisotopic (exact) mass is 166 g/mol. The van der Waals surface area contributed by atoms with Gasteiger partial charge in [-0.3, -0.25) is 4.79 Å². The maximum absolute atomic E-state index is 11.0. The van der Waals surface area contributed by atoms with Crippen LogP contribution in [0.2, 0.25) is 0 Å². The Bertz CT molecular complexity index is 276. The minimum absolute atomic E-state index is 0.137. The maximum atomic E-state index is 11.0. The molecule has 3 heteroatoms. The largest absolute Gasteiger partial charge is 0.469 e. The molecule has 3 nitrogen and oxygen atoms in total. The third-order valence-corrected chi connectivity index (χ3v) is 2.27. The molecule has 1 fully saturated rings. The predicted molar refractivity (Wildman–Crippen MR) is 41.9 cm³/mol. The summed E-state index contributed by atoms with van der Waals surface area (Å²) >= 11 is 0. The summed E-state index contributed by atoms with van der Waals surface area (Å²) in [4.78, 5) is 11.0. The Balaban J connectivity index is 2.13. The Hall–Kier alpha value is -1.09. The standard InChI is InChI=1S/C9H10O3/c1-11-9-6(5-7(9)10)8-3-2-4-12-8/h2-4,6,9H,5H2,1H3. The van der Waals surface area contributed by atoms with Gasteiger partial charge in [0.05, 0.1) is 12.2 Å². The molecule has 2 rings (SSSR count). The van der Waals surface area contributed by atoms with E-state index in [1.165, 1.54) is 0 Å². The Morgan fingerprint density at radius 3 is 3.00 bits per heavy atom. The van der Waals surface area contributed by atoms with Gasteiger partial charge in [0.1, 0.15) is 11.9 Å². The van der Waals surface area contributed by atoms with Gasteiger partial charge in [0.15, 0.2) is 5.78 Å². The van der Waals surface area contributed by atoms with E-state index < -0.39 is 0 Å². The van der Waals surface area contributed by atoms with Gasteiger partial charge in [0, 0.05) is 13.5 Å². The molecule has 1 saturated carbocycles. The first-order valence-electron chi connectivity index (χ1n) is 3.92. The SMILES string of the molecule is COC1C(=O)CC1c1ccco1. The lowest BCUT2D eigenvalue weighted by atomic mass is 9.79. The summed E-state index contributed by atoms with van der Waals surface area (Å²) in [5.74, 6) is 1.15. The molecule has 0 radical (unpaired) electrons. The second kappa shape index (κ2) is 2.75. The molecule has 0 spiro atoms. The highest BCUT2D eigenvalue weighted by Gasteiger charge is 2.42. The molecular weight excluding hydrogens is 156 g/mol. The molecule has 0 N–H and O–H groups in total. The molecule has 1 aliphatic rings. The van der Waals surface area contributed by atoms with Crippen LogP contribution in [-0.4, -0.2) is 19.0 Å². The van der Waals surface area contributed by atoms with Crippen molar-refractivity contribution < 1.29 is 13.9 Å². The van der Waals surface area contributed by atoms with E-state index in [1.807, 2.05) is 12.1 Å². The average Bonchev–Trinajstić information content (AvgIpc) is 2.52. The van der Waals surface area contributed by atoms with Crippen LogP contribution in [-0.2, 0) is 9.53 Å². The van der Waals surface area contributed by atoms with Gasteiger partial charge in [-0.25, -0.2) is 0 Å². The lowest BCUT2D eigenvalue weighted by molar-refractivity contribution is -0.141. The van der Waals surface area contributed by atoms with Gasteiger partial charge >= 0.3 is 0 Å². The lowest BCUT2D eigenvalue weighted by Crippen LogP contribution is -2.41. The van der Waals surface area contributed by atoms with Crippen molar-refractivity contribution in [2.75, 3.05) is 7.11 Å². The van der Waals surface area contributed by atoms with Gasteiger partial charge in [-0.1, -0.05) is 0 Å². The van der Waals surface area contributed by atoms with Gasteiger partial charge in [0.25, 0.3) is 0 Å². The van der Waals surface area contributed by atoms with Gasteiger partial charge in [-0.05, 0) is 12.1 Å². The van der Waals surface area contributed by atoms with Crippen molar-refractivity contribution in [1.82, 2.24) is 0 Å². The highest BCUT2D eigenvalue weighted by Crippen LogP contribution is 2.35. The fourth-order valence-corrected chi connectivity index (χ4v) is 1.55. The first-order valence-corrected chi connectivity index (χ1v) is 3.92. The Morgan fingerprint density at radius 2 is 2.50 bits per heavy atom. The number of carbonyl (C=O) groups excluding carboxylic acids is 1. The summed E-state index contributed by atoms with van der Waals surface area (Å²) in [6.45, 7) is 0. The van der Waals surface area contributed by atoms with Crippen LogP contribution >= 0.6 is 0 Å². The van der Waals surface area contributed by atoms with Crippen molar-refractivity contribution in [2.45, 2.75) is 18.4 Å². The summed E-state index contributed by atoms with van der Waals surface area (Å²) in [6.07, 6.45) is 1.88. The fraction of sp³-hybridized carbons (Fsp3) is 0.444. The maximum Gasteiger partial charge on any atom is 0.163 e. The van der Waals surface area contributed by atoms with Crippen molar-refractivity contribution >= 4 is 5.78 Å². The smallest absolute Gasteiger partial charge is 0.163 e. The van der Waals surface area contributed by atoms with E-state index >= 15 is 0 Å². The van der Waals surface area contributed by atoms with E-state index in [9.17, 15) is 4.79 Å². The second-order valence-electron chi connectivity index (χ2n) is 2.95. The van der Waals surface area contributed by atoms with Crippen molar-refractivity contribution in [3.05, 3.63) is 24.2 Å². The van der Waals surface area contributed by atoms with Crippen molar-refractivity contribution in [3.63, 3.8) is 0 Å². The molecule has 12 heavy (non-hydrogen) atoms. The van der Waals surface area contributed by atoms with Crippen LogP contribution in [0.5, 0.6) is 0 Å². The molecule has 1 aromatic heterocycles. The summed E-state index contributed by atoms with van der Waals surface area (Å²) < 4.78 is 10.2. The van der Waals surface area contributed by atoms with Gasteiger partial charge < -0.3 is 9.15 Å². The third kappa shape index (κ3) is 0.975. The van der Waals surface area contributed by atoms with E-state index in [1.54, 1.807) is 13.4 Å². The molecular formula is C9H10O3. The van der Waals surface area contributed by atoms with E-state index in [0.717, 1.165) is 5.76 Å². The van der Waals surface area contributed by atoms with Crippen molar-refractivity contribution in [1.29, 1.82) is 0 Å². The highest BCUT2D eigenvalue weighted by molar-refractivity contribution is 5.91. The minimum Gasteiger partial charge on any atom is -0.469 e. The summed E-state index contributed by atoms with van der Waals surface area (Å²) in [7, 11) is 1.55. The zero-order chi connectivity index (χ0) is 8.55. The number of hydrogen-bond acceptors (Lipinski definition) is 3. The quantitative estimate of drug-likeness (QED) is 0.665. The first kappa shape index (κ1) is 7.55. The van der Waals surface area contributed by atoms with Gasteiger partial charge in [-0.2, -0.15) is 0 Å². The zero-order valence-corrected chi connectivity index (χ0v) is 6.82. The molecule has 0 saturated heterocycles. The molecule has 64 valence electrons. The number of furan rings is 1. The summed E-state index contributed by atoms with van der Waals surface area (Å²) in [6, 6.07) is 3.70.